The maximum Gasteiger partial charge on any atom is 0.282 e. The van der Waals surface area contributed by atoms with Crippen LogP contribution in [0.4, 0.5) is 5.69 Å². The Morgan fingerprint density at radius 3 is 2.58 bits per heavy atom. The van der Waals surface area contributed by atoms with Gasteiger partial charge in [0, 0.05) is 5.56 Å². The first-order valence-electron chi connectivity index (χ1n) is 10.3. The molecule has 0 aliphatic heterocycles. The summed E-state index contributed by atoms with van der Waals surface area (Å²) in [5, 5.41) is 2.72. The molecule has 4 aromatic rings. The van der Waals surface area contributed by atoms with Gasteiger partial charge in [0.15, 0.2) is 4.96 Å². The average Bonchev–Trinajstić information content (AvgIpc) is 3.12. The molecule has 6 nitrogen and oxygen atoms in total. The lowest BCUT2D eigenvalue weighted by atomic mass is 9.87. The van der Waals surface area contributed by atoms with Crippen LogP contribution in [0.25, 0.3) is 15.2 Å². The first-order chi connectivity index (χ1) is 14.8. The minimum Gasteiger partial charge on any atom is -0.494 e. The molecule has 0 fully saturated rings. The van der Waals surface area contributed by atoms with E-state index in [2.05, 4.69) is 38.0 Å². The maximum absolute atomic E-state index is 13.1. The number of carbonyl (C=O) groups excluding carboxylic acids is 1. The van der Waals surface area contributed by atoms with E-state index in [0.29, 0.717) is 17.1 Å². The molecule has 0 spiro atoms. The van der Waals surface area contributed by atoms with Crippen LogP contribution < -0.4 is 15.6 Å². The predicted molar refractivity (Wildman–Crippen MR) is 126 cm³/mol. The van der Waals surface area contributed by atoms with E-state index in [1.54, 1.807) is 12.1 Å². The SMILES string of the molecule is CCCOc1ccc2c(c1)sc1ncc(NC(=O)c3ccc(C(C)(C)C)cc3)c(=O)n12. The van der Waals surface area contributed by atoms with Crippen molar-refractivity contribution in [2.75, 3.05) is 11.9 Å². The number of hydrogen-bond donors (Lipinski definition) is 1. The van der Waals surface area contributed by atoms with E-state index < -0.39 is 0 Å². The predicted octanol–water partition coefficient (Wildman–Crippen LogP) is 5.25. The lowest BCUT2D eigenvalue weighted by Gasteiger charge is -2.19. The quantitative estimate of drug-likeness (QED) is 0.465. The molecule has 160 valence electrons. The molecule has 2 aromatic heterocycles. The zero-order chi connectivity index (χ0) is 22.2. The summed E-state index contributed by atoms with van der Waals surface area (Å²) in [4.78, 5) is 30.8. The molecule has 0 bridgehead atoms. The molecular formula is C24H25N3O3S. The number of hydrogen-bond acceptors (Lipinski definition) is 5. The normalized spacial score (nSPS) is 11.7. The van der Waals surface area contributed by atoms with Gasteiger partial charge in [-0.15, -0.1) is 0 Å². The molecule has 0 saturated carbocycles. The molecule has 7 heteroatoms. The van der Waals surface area contributed by atoms with Crippen molar-refractivity contribution in [3.8, 4) is 5.75 Å². The van der Waals surface area contributed by atoms with E-state index in [-0.39, 0.29) is 22.6 Å². The van der Waals surface area contributed by atoms with Crippen molar-refractivity contribution in [3.63, 3.8) is 0 Å². The van der Waals surface area contributed by atoms with Crippen molar-refractivity contribution in [1.29, 1.82) is 0 Å². The van der Waals surface area contributed by atoms with Crippen LogP contribution in [-0.4, -0.2) is 21.9 Å². The highest BCUT2D eigenvalue weighted by molar-refractivity contribution is 7.23. The monoisotopic (exact) mass is 435 g/mol. The van der Waals surface area contributed by atoms with Crippen LogP contribution >= 0.6 is 11.3 Å². The lowest BCUT2D eigenvalue weighted by molar-refractivity contribution is 0.102. The number of nitrogens with zero attached hydrogens (tertiary/aromatic N) is 2. The van der Waals surface area contributed by atoms with Gasteiger partial charge in [-0.3, -0.25) is 9.59 Å². The summed E-state index contributed by atoms with van der Waals surface area (Å²) in [6.45, 7) is 9.05. The number of anilines is 1. The van der Waals surface area contributed by atoms with Crippen LogP contribution in [0.1, 0.15) is 50.0 Å². The lowest BCUT2D eigenvalue weighted by Crippen LogP contribution is -2.22. The highest BCUT2D eigenvalue weighted by Gasteiger charge is 2.17. The number of nitrogens with one attached hydrogen (secondary N) is 1. The van der Waals surface area contributed by atoms with Gasteiger partial charge in [-0.1, -0.05) is 51.2 Å². The zero-order valence-electron chi connectivity index (χ0n) is 18.1. The van der Waals surface area contributed by atoms with E-state index in [0.717, 1.165) is 28.0 Å². The Labute approximate surface area is 184 Å². The molecule has 0 radical (unpaired) electrons. The third kappa shape index (κ3) is 4.18. The molecule has 0 aliphatic carbocycles. The summed E-state index contributed by atoms with van der Waals surface area (Å²) < 4.78 is 8.12. The Bertz CT molecular complexity index is 1310. The number of benzene rings is 2. The van der Waals surface area contributed by atoms with Gasteiger partial charge in [-0.05, 0) is 47.7 Å². The molecule has 1 amide bonds. The standard InChI is InChI=1S/C24H25N3O3S/c1-5-12-30-17-10-11-19-20(13-17)31-23-25-14-18(22(29)27(19)23)26-21(28)15-6-8-16(9-7-15)24(2,3)4/h6-11,13-14H,5,12H2,1-4H3,(H,26,28). The van der Waals surface area contributed by atoms with Crippen molar-refractivity contribution in [3.05, 3.63) is 70.1 Å². The Morgan fingerprint density at radius 1 is 1.16 bits per heavy atom. The Morgan fingerprint density at radius 2 is 1.90 bits per heavy atom. The van der Waals surface area contributed by atoms with Gasteiger partial charge in [0.2, 0.25) is 0 Å². The zero-order valence-corrected chi connectivity index (χ0v) is 18.9. The number of fused-ring (bicyclic) bond motifs is 3. The number of rotatable bonds is 5. The molecule has 0 unspecified atom stereocenters. The van der Waals surface area contributed by atoms with E-state index >= 15 is 0 Å². The molecular weight excluding hydrogens is 410 g/mol. The first kappa shape index (κ1) is 21.1. The molecule has 2 heterocycles. The average molecular weight is 436 g/mol. The van der Waals surface area contributed by atoms with Crippen molar-refractivity contribution in [2.24, 2.45) is 0 Å². The molecule has 0 saturated heterocycles. The number of amides is 1. The summed E-state index contributed by atoms with van der Waals surface area (Å²) in [6.07, 6.45) is 2.34. The van der Waals surface area contributed by atoms with Crippen LogP contribution in [0.3, 0.4) is 0 Å². The van der Waals surface area contributed by atoms with Crippen molar-refractivity contribution >= 4 is 38.1 Å². The molecule has 1 N–H and O–H groups in total. The molecule has 31 heavy (non-hydrogen) atoms. The van der Waals surface area contributed by atoms with Crippen LogP contribution in [0.5, 0.6) is 5.75 Å². The fourth-order valence-corrected chi connectivity index (χ4v) is 4.31. The Hall–Kier alpha value is -3.19. The van der Waals surface area contributed by atoms with Gasteiger partial charge in [0.25, 0.3) is 11.5 Å². The van der Waals surface area contributed by atoms with E-state index in [1.807, 2.05) is 30.3 Å². The van der Waals surface area contributed by atoms with E-state index in [1.165, 1.54) is 21.9 Å². The third-order valence-electron chi connectivity index (χ3n) is 5.04. The van der Waals surface area contributed by atoms with Gasteiger partial charge in [-0.25, -0.2) is 9.38 Å². The van der Waals surface area contributed by atoms with Crippen LogP contribution in [0.15, 0.2) is 53.5 Å². The van der Waals surface area contributed by atoms with E-state index in [9.17, 15) is 9.59 Å². The Kier molecular flexibility index (Phi) is 5.54. The van der Waals surface area contributed by atoms with Crippen molar-refractivity contribution in [2.45, 2.75) is 39.5 Å². The minimum absolute atomic E-state index is 0.00421. The second-order valence-corrected chi connectivity index (χ2v) is 9.47. The maximum atomic E-state index is 13.1. The smallest absolute Gasteiger partial charge is 0.282 e. The second kappa shape index (κ2) is 8.15. The number of ether oxygens (including phenoxy) is 1. The molecule has 0 aliphatic rings. The molecule has 4 rings (SSSR count). The third-order valence-corrected chi connectivity index (χ3v) is 6.05. The summed E-state index contributed by atoms with van der Waals surface area (Å²) >= 11 is 1.41. The fourth-order valence-electron chi connectivity index (χ4n) is 3.30. The molecule has 0 atom stereocenters. The van der Waals surface area contributed by atoms with Crippen molar-refractivity contribution in [1.82, 2.24) is 9.38 Å². The van der Waals surface area contributed by atoms with Crippen LogP contribution in [0, 0.1) is 0 Å². The first-order valence-corrected chi connectivity index (χ1v) is 11.1. The highest BCUT2D eigenvalue weighted by Crippen LogP contribution is 2.28. The summed E-state index contributed by atoms with van der Waals surface area (Å²) in [5.74, 6) is 0.426. The van der Waals surface area contributed by atoms with Gasteiger partial charge in [0.1, 0.15) is 11.4 Å². The van der Waals surface area contributed by atoms with Crippen molar-refractivity contribution < 1.29 is 9.53 Å². The van der Waals surface area contributed by atoms with Crippen LogP contribution in [0.2, 0.25) is 0 Å². The summed E-state index contributed by atoms with van der Waals surface area (Å²) in [6, 6.07) is 13.0. The number of carbonyl (C=O) groups is 1. The molecule has 2 aromatic carbocycles. The fraction of sp³-hybridized carbons (Fsp3) is 0.292. The Balaban J connectivity index is 1.65. The number of thiazole rings is 1. The van der Waals surface area contributed by atoms with Gasteiger partial charge in [-0.2, -0.15) is 0 Å². The highest BCUT2D eigenvalue weighted by atomic mass is 32.1. The minimum atomic E-state index is -0.339. The summed E-state index contributed by atoms with van der Waals surface area (Å²) in [7, 11) is 0. The van der Waals surface area contributed by atoms with Gasteiger partial charge >= 0.3 is 0 Å². The largest absolute Gasteiger partial charge is 0.494 e. The van der Waals surface area contributed by atoms with E-state index in [4.69, 9.17) is 4.74 Å². The summed E-state index contributed by atoms with van der Waals surface area (Å²) in [5.41, 5.74) is 2.22. The number of aromatic nitrogens is 2. The van der Waals surface area contributed by atoms with Gasteiger partial charge in [0.05, 0.1) is 23.0 Å². The van der Waals surface area contributed by atoms with Gasteiger partial charge < -0.3 is 10.1 Å². The topological polar surface area (TPSA) is 72.7 Å². The van der Waals surface area contributed by atoms with Crippen LogP contribution in [-0.2, 0) is 5.41 Å². The second-order valence-electron chi connectivity index (χ2n) is 8.46.